The Morgan fingerprint density at radius 2 is 2.00 bits per heavy atom. The number of carbonyl (C=O) groups is 1. The zero-order valence-corrected chi connectivity index (χ0v) is 14.0. The third-order valence-electron chi connectivity index (χ3n) is 4.55. The molecule has 1 fully saturated rings. The highest BCUT2D eigenvalue weighted by Crippen LogP contribution is 2.33. The minimum absolute atomic E-state index is 0.00118. The molecule has 0 bridgehead atoms. The van der Waals surface area contributed by atoms with Gasteiger partial charge in [0.1, 0.15) is 0 Å². The van der Waals surface area contributed by atoms with Crippen LogP contribution in [0.15, 0.2) is 47.1 Å². The highest BCUT2D eigenvalue weighted by molar-refractivity contribution is 5.95. The average molecular weight is 376 g/mol. The van der Waals surface area contributed by atoms with Crippen LogP contribution in [0.2, 0.25) is 0 Å². The van der Waals surface area contributed by atoms with Crippen molar-refractivity contribution in [1.29, 1.82) is 0 Å². The minimum Gasteiger partial charge on any atom is -0.363 e. The number of alkyl halides is 3. The fourth-order valence-corrected chi connectivity index (χ4v) is 3.27. The Morgan fingerprint density at radius 1 is 1.22 bits per heavy atom. The third kappa shape index (κ3) is 3.32. The first-order chi connectivity index (χ1) is 12.9. The van der Waals surface area contributed by atoms with Crippen LogP contribution in [0.25, 0.3) is 11.4 Å². The lowest BCUT2D eigenvalue weighted by Gasteiger charge is -2.24. The van der Waals surface area contributed by atoms with E-state index in [1.165, 1.54) is 12.1 Å². The van der Waals surface area contributed by atoms with Gasteiger partial charge in [-0.2, -0.15) is 18.2 Å². The summed E-state index contributed by atoms with van der Waals surface area (Å²) in [6.45, 7) is 0.657. The Balaban J connectivity index is 1.53. The number of benzene rings is 1. The van der Waals surface area contributed by atoms with Crippen LogP contribution in [-0.2, 0) is 6.18 Å². The molecule has 0 saturated carbocycles. The molecule has 3 aromatic rings. The van der Waals surface area contributed by atoms with Crippen molar-refractivity contribution in [2.24, 2.45) is 0 Å². The molecule has 1 atom stereocenters. The van der Waals surface area contributed by atoms with E-state index in [1.54, 1.807) is 17.0 Å². The second-order valence-corrected chi connectivity index (χ2v) is 6.28. The first kappa shape index (κ1) is 17.3. The summed E-state index contributed by atoms with van der Waals surface area (Å²) < 4.78 is 41.9. The molecule has 9 heteroatoms. The lowest BCUT2D eigenvalue weighted by molar-refractivity contribution is -0.159. The third-order valence-corrected chi connectivity index (χ3v) is 4.55. The molecule has 1 aliphatic rings. The van der Waals surface area contributed by atoms with Gasteiger partial charge in [0.05, 0.1) is 6.04 Å². The van der Waals surface area contributed by atoms with Gasteiger partial charge in [-0.1, -0.05) is 17.3 Å². The Bertz CT molecular complexity index is 932. The highest BCUT2D eigenvalue weighted by Gasteiger charge is 2.38. The number of hydrogen-bond donors (Lipinski definition) is 1. The number of amides is 1. The summed E-state index contributed by atoms with van der Waals surface area (Å²) in [7, 11) is 0. The maximum atomic E-state index is 12.8. The molecule has 0 radical (unpaired) electrons. The van der Waals surface area contributed by atoms with Crippen LogP contribution >= 0.6 is 0 Å². The van der Waals surface area contributed by atoms with Crippen LogP contribution in [0.5, 0.6) is 0 Å². The lowest BCUT2D eigenvalue weighted by Crippen LogP contribution is -2.30. The molecule has 0 aliphatic carbocycles. The van der Waals surface area contributed by atoms with Gasteiger partial charge < -0.3 is 14.4 Å². The van der Waals surface area contributed by atoms with Crippen molar-refractivity contribution in [3.8, 4) is 11.4 Å². The molecule has 27 heavy (non-hydrogen) atoms. The molecular weight excluding hydrogens is 361 g/mol. The summed E-state index contributed by atoms with van der Waals surface area (Å²) in [4.78, 5) is 21.1. The van der Waals surface area contributed by atoms with Gasteiger partial charge >= 0.3 is 12.1 Å². The van der Waals surface area contributed by atoms with E-state index in [-0.39, 0.29) is 17.8 Å². The SMILES string of the molecule is O=C(c1ccc(-c2noc(C(F)(F)F)n2)cc1)N1CCC[C@@H]1c1ccc[nH]1. The first-order valence-electron chi connectivity index (χ1n) is 8.39. The number of aromatic amines is 1. The van der Waals surface area contributed by atoms with Crippen molar-refractivity contribution in [2.75, 3.05) is 6.54 Å². The van der Waals surface area contributed by atoms with E-state index in [4.69, 9.17) is 0 Å². The zero-order valence-electron chi connectivity index (χ0n) is 14.0. The molecule has 1 N–H and O–H groups in total. The van der Waals surface area contributed by atoms with Crippen molar-refractivity contribution >= 4 is 5.91 Å². The Hall–Kier alpha value is -3.10. The second-order valence-electron chi connectivity index (χ2n) is 6.28. The van der Waals surface area contributed by atoms with E-state index in [9.17, 15) is 18.0 Å². The quantitative estimate of drug-likeness (QED) is 0.748. The molecule has 1 saturated heterocycles. The molecule has 140 valence electrons. The molecule has 1 aliphatic heterocycles. The number of H-pyrrole nitrogens is 1. The predicted molar refractivity (Wildman–Crippen MR) is 88.5 cm³/mol. The van der Waals surface area contributed by atoms with Crippen molar-refractivity contribution in [3.05, 3.63) is 59.7 Å². The molecule has 3 heterocycles. The maximum Gasteiger partial charge on any atom is 0.471 e. The number of likely N-dealkylation sites (tertiary alicyclic amines) is 1. The largest absolute Gasteiger partial charge is 0.471 e. The number of carbonyl (C=O) groups excluding carboxylic acids is 1. The van der Waals surface area contributed by atoms with Gasteiger partial charge in [0.2, 0.25) is 5.82 Å². The number of nitrogens with one attached hydrogen (secondary N) is 1. The van der Waals surface area contributed by atoms with Crippen molar-refractivity contribution in [2.45, 2.75) is 25.1 Å². The van der Waals surface area contributed by atoms with Crippen LogP contribution in [-0.4, -0.2) is 32.5 Å². The van der Waals surface area contributed by atoms with Gasteiger partial charge in [-0.3, -0.25) is 4.79 Å². The normalized spacial score (nSPS) is 17.4. The van der Waals surface area contributed by atoms with Crippen molar-refractivity contribution in [1.82, 2.24) is 20.0 Å². The van der Waals surface area contributed by atoms with E-state index >= 15 is 0 Å². The molecule has 2 aromatic heterocycles. The molecule has 0 spiro atoms. The summed E-state index contributed by atoms with van der Waals surface area (Å²) >= 11 is 0. The topological polar surface area (TPSA) is 75.0 Å². The predicted octanol–water partition coefficient (Wildman–Crippen LogP) is 4.06. The van der Waals surface area contributed by atoms with Gasteiger partial charge in [-0.05, 0) is 37.1 Å². The Labute approximate surface area is 152 Å². The van der Waals surface area contributed by atoms with E-state index in [2.05, 4.69) is 19.6 Å². The monoisotopic (exact) mass is 376 g/mol. The highest BCUT2D eigenvalue weighted by atomic mass is 19.4. The van der Waals surface area contributed by atoms with Crippen LogP contribution in [0, 0.1) is 0 Å². The van der Waals surface area contributed by atoms with Crippen LogP contribution in [0.1, 0.15) is 40.8 Å². The van der Waals surface area contributed by atoms with Crippen LogP contribution in [0.3, 0.4) is 0 Å². The van der Waals surface area contributed by atoms with Crippen molar-refractivity contribution < 1.29 is 22.5 Å². The Morgan fingerprint density at radius 3 is 2.63 bits per heavy atom. The summed E-state index contributed by atoms with van der Waals surface area (Å²) in [5, 5.41) is 3.35. The van der Waals surface area contributed by atoms with Crippen molar-refractivity contribution in [3.63, 3.8) is 0 Å². The summed E-state index contributed by atoms with van der Waals surface area (Å²) in [5.74, 6) is -1.70. The molecule has 6 nitrogen and oxygen atoms in total. The van der Waals surface area contributed by atoms with Gasteiger partial charge in [-0.25, -0.2) is 0 Å². The molecular formula is C18H15F3N4O2. The molecule has 1 aromatic carbocycles. The number of nitrogens with zero attached hydrogens (tertiary/aromatic N) is 3. The fraction of sp³-hybridized carbons (Fsp3) is 0.278. The molecule has 4 rings (SSSR count). The van der Waals surface area contributed by atoms with Crippen LogP contribution in [0.4, 0.5) is 13.2 Å². The van der Waals surface area contributed by atoms with Gasteiger partial charge in [0.25, 0.3) is 5.91 Å². The Kier molecular flexibility index (Phi) is 4.21. The lowest BCUT2D eigenvalue weighted by atomic mass is 10.1. The number of aromatic nitrogens is 3. The van der Waals surface area contributed by atoms with Gasteiger partial charge in [-0.15, -0.1) is 0 Å². The average Bonchev–Trinajstić information content (AvgIpc) is 3.41. The number of hydrogen-bond acceptors (Lipinski definition) is 4. The number of rotatable bonds is 3. The van der Waals surface area contributed by atoms with E-state index in [0.29, 0.717) is 17.7 Å². The van der Waals surface area contributed by atoms with Gasteiger partial charge in [0, 0.05) is 29.6 Å². The second kappa shape index (κ2) is 6.57. The van der Waals surface area contributed by atoms with E-state index < -0.39 is 12.1 Å². The molecule has 0 unspecified atom stereocenters. The zero-order chi connectivity index (χ0) is 19.0. The smallest absolute Gasteiger partial charge is 0.363 e. The fourth-order valence-electron chi connectivity index (χ4n) is 3.27. The van der Waals surface area contributed by atoms with Crippen LogP contribution < -0.4 is 0 Å². The summed E-state index contributed by atoms with van der Waals surface area (Å²) in [6, 6.07) is 9.99. The maximum absolute atomic E-state index is 12.8. The standard InChI is InChI=1S/C18H15F3N4O2/c19-18(20,21)17-23-15(24-27-17)11-5-7-12(8-6-11)16(26)25-10-2-4-14(25)13-3-1-9-22-13/h1,3,5-9,14,22H,2,4,10H2/t14-/m1/s1. The minimum atomic E-state index is -4.69. The number of halogens is 3. The first-order valence-corrected chi connectivity index (χ1v) is 8.39. The summed E-state index contributed by atoms with van der Waals surface area (Å²) in [6.07, 6.45) is -1.07. The summed E-state index contributed by atoms with van der Waals surface area (Å²) in [5.41, 5.74) is 1.79. The van der Waals surface area contributed by atoms with Gasteiger partial charge in [0.15, 0.2) is 0 Å². The molecule has 1 amide bonds. The van der Waals surface area contributed by atoms with E-state index in [1.807, 2.05) is 18.3 Å². The van der Waals surface area contributed by atoms with E-state index in [0.717, 1.165) is 18.5 Å².